The first-order valence-electron chi connectivity index (χ1n) is 7.80. The SMILES string of the molecule is CC[C@H](Oc1cccc(Cl)c1)C(=O)N(C)C1CCCCC1. The van der Waals surface area contributed by atoms with Crippen LogP contribution in [0.1, 0.15) is 45.4 Å². The summed E-state index contributed by atoms with van der Waals surface area (Å²) < 4.78 is 5.84. The smallest absolute Gasteiger partial charge is 0.263 e. The van der Waals surface area contributed by atoms with Crippen molar-refractivity contribution in [1.29, 1.82) is 0 Å². The average molecular weight is 310 g/mol. The van der Waals surface area contributed by atoms with Crippen molar-refractivity contribution in [3.05, 3.63) is 29.3 Å². The first-order chi connectivity index (χ1) is 10.1. The van der Waals surface area contributed by atoms with E-state index in [1.54, 1.807) is 12.1 Å². The van der Waals surface area contributed by atoms with Gasteiger partial charge in [0.05, 0.1) is 0 Å². The van der Waals surface area contributed by atoms with Gasteiger partial charge in [0.25, 0.3) is 5.91 Å². The predicted molar refractivity (Wildman–Crippen MR) is 85.8 cm³/mol. The second kappa shape index (κ2) is 7.69. The molecule has 3 nitrogen and oxygen atoms in total. The summed E-state index contributed by atoms with van der Waals surface area (Å²) in [5.74, 6) is 0.726. The molecule has 1 aliphatic rings. The summed E-state index contributed by atoms with van der Waals surface area (Å²) in [5.41, 5.74) is 0. The Kier molecular flexibility index (Phi) is 5.92. The highest BCUT2D eigenvalue weighted by atomic mass is 35.5. The molecule has 0 N–H and O–H groups in total. The Labute approximate surface area is 132 Å². The zero-order valence-corrected chi connectivity index (χ0v) is 13.6. The number of halogens is 1. The fourth-order valence-corrected chi connectivity index (χ4v) is 3.07. The van der Waals surface area contributed by atoms with Crippen molar-refractivity contribution >= 4 is 17.5 Å². The van der Waals surface area contributed by atoms with Gasteiger partial charge in [0, 0.05) is 18.1 Å². The summed E-state index contributed by atoms with van der Waals surface area (Å²) in [6.07, 6.45) is 6.15. The molecule has 1 saturated carbocycles. The van der Waals surface area contributed by atoms with Crippen LogP contribution < -0.4 is 4.74 Å². The van der Waals surface area contributed by atoms with Crippen molar-refractivity contribution in [1.82, 2.24) is 4.90 Å². The van der Waals surface area contributed by atoms with E-state index in [0.717, 1.165) is 12.8 Å². The fraction of sp³-hybridized carbons (Fsp3) is 0.588. The average Bonchev–Trinajstić information content (AvgIpc) is 2.52. The molecule has 0 aliphatic heterocycles. The van der Waals surface area contributed by atoms with Crippen LogP contribution in [0.25, 0.3) is 0 Å². The minimum Gasteiger partial charge on any atom is -0.481 e. The van der Waals surface area contributed by atoms with E-state index in [9.17, 15) is 4.79 Å². The quantitative estimate of drug-likeness (QED) is 0.812. The number of carbonyl (C=O) groups excluding carboxylic acids is 1. The van der Waals surface area contributed by atoms with E-state index in [4.69, 9.17) is 16.3 Å². The normalized spacial score (nSPS) is 17.3. The van der Waals surface area contributed by atoms with E-state index in [1.165, 1.54) is 19.3 Å². The van der Waals surface area contributed by atoms with Crippen molar-refractivity contribution in [2.45, 2.75) is 57.6 Å². The lowest BCUT2D eigenvalue weighted by molar-refractivity contribution is -0.140. The minimum atomic E-state index is -0.435. The van der Waals surface area contributed by atoms with Crippen molar-refractivity contribution in [2.24, 2.45) is 0 Å². The number of benzene rings is 1. The van der Waals surface area contributed by atoms with Gasteiger partial charge >= 0.3 is 0 Å². The molecule has 0 aromatic heterocycles. The number of carbonyl (C=O) groups is 1. The number of hydrogen-bond donors (Lipinski definition) is 0. The second-order valence-corrected chi connectivity index (χ2v) is 6.15. The maximum absolute atomic E-state index is 12.6. The van der Waals surface area contributed by atoms with Gasteiger partial charge in [-0.25, -0.2) is 0 Å². The van der Waals surface area contributed by atoms with Crippen LogP contribution in [0.5, 0.6) is 5.75 Å². The lowest BCUT2D eigenvalue weighted by Gasteiger charge is -2.33. The maximum Gasteiger partial charge on any atom is 0.263 e. The predicted octanol–water partition coefficient (Wildman–Crippen LogP) is 4.29. The molecule has 1 aliphatic carbocycles. The molecule has 21 heavy (non-hydrogen) atoms. The second-order valence-electron chi connectivity index (χ2n) is 5.71. The highest BCUT2D eigenvalue weighted by molar-refractivity contribution is 6.30. The molecule has 1 aromatic rings. The number of likely N-dealkylation sites (N-methyl/N-ethyl adjacent to an activating group) is 1. The van der Waals surface area contributed by atoms with Crippen LogP contribution in [0, 0.1) is 0 Å². The number of hydrogen-bond acceptors (Lipinski definition) is 2. The molecule has 116 valence electrons. The van der Waals surface area contributed by atoms with Gasteiger partial charge < -0.3 is 9.64 Å². The third kappa shape index (κ3) is 4.37. The minimum absolute atomic E-state index is 0.0735. The monoisotopic (exact) mass is 309 g/mol. The molecule has 0 saturated heterocycles. The molecule has 0 heterocycles. The highest BCUT2D eigenvalue weighted by Gasteiger charge is 2.28. The van der Waals surface area contributed by atoms with Crippen molar-refractivity contribution in [2.75, 3.05) is 7.05 Å². The molecule has 4 heteroatoms. The third-order valence-corrected chi connectivity index (χ3v) is 4.43. The molecule has 0 radical (unpaired) electrons. The zero-order chi connectivity index (χ0) is 15.2. The van der Waals surface area contributed by atoms with Crippen LogP contribution in [0.15, 0.2) is 24.3 Å². The number of amides is 1. The van der Waals surface area contributed by atoms with Gasteiger partial charge in [-0.2, -0.15) is 0 Å². The van der Waals surface area contributed by atoms with Crippen LogP contribution in [-0.2, 0) is 4.79 Å². The lowest BCUT2D eigenvalue weighted by atomic mass is 9.94. The van der Waals surface area contributed by atoms with Crippen LogP contribution in [-0.4, -0.2) is 30.0 Å². The summed E-state index contributed by atoms with van der Waals surface area (Å²) in [5, 5.41) is 0.621. The Balaban J connectivity index is 2.00. The Bertz CT molecular complexity index is 472. The van der Waals surface area contributed by atoms with Gasteiger partial charge in [-0.3, -0.25) is 4.79 Å². The first kappa shape index (κ1) is 16.2. The lowest BCUT2D eigenvalue weighted by Crippen LogP contribution is -2.45. The van der Waals surface area contributed by atoms with Crippen molar-refractivity contribution in [3.8, 4) is 5.75 Å². The van der Waals surface area contributed by atoms with Crippen molar-refractivity contribution in [3.63, 3.8) is 0 Å². The van der Waals surface area contributed by atoms with Gasteiger partial charge in [0.2, 0.25) is 0 Å². The summed E-state index contributed by atoms with van der Waals surface area (Å²) in [6, 6.07) is 7.58. The van der Waals surface area contributed by atoms with Gasteiger partial charge in [0.1, 0.15) is 5.75 Å². The Morgan fingerprint density at radius 2 is 2.10 bits per heavy atom. The van der Waals surface area contributed by atoms with Gasteiger partial charge in [0.15, 0.2) is 6.10 Å². The molecular weight excluding hydrogens is 286 g/mol. The summed E-state index contributed by atoms with van der Waals surface area (Å²) in [6.45, 7) is 1.97. The van der Waals surface area contributed by atoms with Crippen LogP contribution >= 0.6 is 11.6 Å². The van der Waals surface area contributed by atoms with Gasteiger partial charge in [-0.1, -0.05) is 43.9 Å². The molecule has 1 atom stereocenters. The van der Waals surface area contributed by atoms with E-state index in [0.29, 0.717) is 23.2 Å². The van der Waals surface area contributed by atoms with E-state index in [1.807, 2.05) is 31.0 Å². The standard InChI is InChI=1S/C17H24ClNO2/c1-3-16(21-15-11-7-8-13(18)12-15)17(20)19(2)14-9-5-4-6-10-14/h7-8,11-12,14,16H,3-6,9-10H2,1-2H3/t16-/m0/s1. The number of ether oxygens (including phenoxy) is 1. The molecule has 1 fully saturated rings. The van der Waals surface area contributed by atoms with Gasteiger partial charge in [-0.05, 0) is 37.5 Å². The molecule has 2 rings (SSSR count). The molecule has 0 spiro atoms. The van der Waals surface area contributed by atoms with E-state index in [2.05, 4.69) is 0 Å². The molecule has 1 amide bonds. The molecule has 0 bridgehead atoms. The summed E-state index contributed by atoms with van der Waals surface area (Å²) in [4.78, 5) is 14.5. The van der Waals surface area contributed by atoms with Gasteiger partial charge in [-0.15, -0.1) is 0 Å². The maximum atomic E-state index is 12.6. The van der Waals surface area contributed by atoms with Crippen molar-refractivity contribution < 1.29 is 9.53 Å². The highest BCUT2D eigenvalue weighted by Crippen LogP contribution is 2.24. The Morgan fingerprint density at radius 3 is 2.71 bits per heavy atom. The van der Waals surface area contributed by atoms with Crippen LogP contribution in [0.3, 0.4) is 0 Å². The van der Waals surface area contributed by atoms with Crippen LogP contribution in [0.2, 0.25) is 5.02 Å². The Hall–Kier alpha value is -1.22. The van der Waals surface area contributed by atoms with E-state index in [-0.39, 0.29) is 5.91 Å². The Morgan fingerprint density at radius 1 is 1.38 bits per heavy atom. The summed E-state index contributed by atoms with van der Waals surface area (Å²) in [7, 11) is 1.91. The first-order valence-corrected chi connectivity index (χ1v) is 8.18. The topological polar surface area (TPSA) is 29.5 Å². The largest absolute Gasteiger partial charge is 0.481 e. The molecule has 0 unspecified atom stereocenters. The van der Waals surface area contributed by atoms with E-state index >= 15 is 0 Å². The zero-order valence-electron chi connectivity index (χ0n) is 12.8. The van der Waals surface area contributed by atoms with E-state index < -0.39 is 6.10 Å². The number of nitrogens with zero attached hydrogens (tertiary/aromatic N) is 1. The molecular formula is C17H24ClNO2. The van der Waals surface area contributed by atoms with Crippen LogP contribution in [0.4, 0.5) is 0 Å². The molecule has 1 aromatic carbocycles. The summed E-state index contributed by atoms with van der Waals surface area (Å²) >= 11 is 5.96. The fourth-order valence-electron chi connectivity index (χ4n) is 2.89. The number of rotatable bonds is 5. The third-order valence-electron chi connectivity index (χ3n) is 4.19.